The van der Waals surface area contributed by atoms with E-state index < -0.39 is 29.9 Å². The van der Waals surface area contributed by atoms with Crippen LogP contribution in [0.3, 0.4) is 0 Å². The van der Waals surface area contributed by atoms with Gasteiger partial charge in [0.05, 0.1) is 31.4 Å². The van der Waals surface area contributed by atoms with E-state index in [1.165, 1.54) is 4.90 Å². The Morgan fingerprint density at radius 1 is 0.946 bits per heavy atom. The number of methoxy groups -OCH3 is 1. The molecule has 0 radical (unpaired) electrons. The summed E-state index contributed by atoms with van der Waals surface area (Å²) < 4.78 is 10.2. The molecule has 3 aromatic carbocycles. The maximum atomic E-state index is 13.4. The van der Waals surface area contributed by atoms with Gasteiger partial charge in [-0.15, -0.1) is 0 Å². The number of carbonyl (C=O) groups excluding carboxylic acids is 4. The van der Waals surface area contributed by atoms with Crippen LogP contribution in [0.4, 0.5) is 16.2 Å². The smallest absolute Gasteiger partial charge is 0.338 e. The molecule has 37 heavy (non-hydrogen) atoms. The normalized spacial score (nSPS) is 15.0. The molecule has 0 bridgehead atoms. The SMILES string of the molecule is CCOC(=O)c1ccc(NC(=O)CC2C(=O)N(c3ccccc3)C(=O)N2Cc2cccc(OC)c2)cc1. The molecule has 9 nitrogen and oxygen atoms in total. The first-order valence-electron chi connectivity index (χ1n) is 11.8. The third-order valence-electron chi connectivity index (χ3n) is 5.88. The monoisotopic (exact) mass is 501 g/mol. The molecular formula is C28H27N3O6. The Bertz CT molecular complexity index is 1290. The first-order chi connectivity index (χ1) is 17.9. The first kappa shape index (κ1) is 25.4. The van der Waals surface area contributed by atoms with Gasteiger partial charge < -0.3 is 19.7 Å². The van der Waals surface area contributed by atoms with Crippen molar-refractivity contribution >= 4 is 35.2 Å². The summed E-state index contributed by atoms with van der Waals surface area (Å²) in [5.41, 5.74) is 2.01. The van der Waals surface area contributed by atoms with Crippen molar-refractivity contribution in [3.8, 4) is 5.75 Å². The molecular weight excluding hydrogens is 474 g/mol. The summed E-state index contributed by atoms with van der Waals surface area (Å²) >= 11 is 0. The number of benzene rings is 3. The number of imide groups is 1. The van der Waals surface area contributed by atoms with Crippen molar-refractivity contribution in [2.45, 2.75) is 25.9 Å². The van der Waals surface area contributed by atoms with Crippen molar-refractivity contribution in [2.75, 3.05) is 23.9 Å². The number of para-hydroxylation sites is 1. The molecule has 1 atom stereocenters. The van der Waals surface area contributed by atoms with E-state index in [1.807, 2.05) is 6.07 Å². The summed E-state index contributed by atoms with van der Waals surface area (Å²) in [6.07, 6.45) is -0.239. The van der Waals surface area contributed by atoms with Gasteiger partial charge in [0.2, 0.25) is 5.91 Å². The summed E-state index contributed by atoms with van der Waals surface area (Å²) in [5.74, 6) is -0.756. The number of ether oxygens (including phenoxy) is 2. The number of urea groups is 1. The molecule has 0 aliphatic carbocycles. The van der Waals surface area contributed by atoms with Crippen molar-refractivity contribution in [3.05, 3.63) is 90.0 Å². The Hall–Kier alpha value is -4.66. The molecule has 4 rings (SSSR count). The minimum atomic E-state index is -1.00. The van der Waals surface area contributed by atoms with Gasteiger partial charge in [-0.2, -0.15) is 0 Å². The van der Waals surface area contributed by atoms with Crippen LogP contribution in [0.5, 0.6) is 5.75 Å². The Kier molecular flexibility index (Phi) is 7.83. The van der Waals surface area contributed by atoms with Gasteiger partial charge in [0, 0.05) is 12.2 Å². The highest BCUT2D eigenvalue weighted by molar-refractivity contribution is 6.22. The maximum absolute atomic E-state index is 13.4. The minimum Gasteiger partial charge on any atom is -0.497 e. The second-order valence-corrected chi connectivity index (χ2v) is 8.34. The van der Waals surface area contributed by atoms with Crippen molar-refractivity contribution < 1.29 is 28.7 Å². The average molecular weight is 502 g/mol. The number of anilines is 2. The Morgan fingerprint density at radius 3 is 2.35 bits per heavy atom. The van der Waals surface area contributed by atoms with E-state index in [0.29, 0.717) is 22.7 Å². The molecule has 4 amide bonds. The van der Waals surface area contributed by atoms with Crippen LogP contribution in [0, 0.1) is 0 Å². The fraction of sp³-hybridized carbons (Fsp3) is 0.214. The second kappa shape index (κ2) is 11.4. The number of nitrogens with zero attached hydrogens (tertiary/aromatic N) is 2. The molecule has 1 saturated heterocycles. The molecule has 1 unspecified atom stereocenters. The lowest BCUT2D eigenvalue weighted by Gasteiger charge is -2.22. The molecule has 0 saturated carbocycles. The summed E-state index contributed by atoms with van der Waals surface area (Å²) in [6, 6.07) is 20.6. The molecule has 1 aliphatic rings. The van der Waals surface area contributed by atoms with E-state index in [1.54, 1.807) is 86.8 Å². The number of hydrogen-bond donors (Lipinski definition) is 1. The first-order valence-corrected chi connectivity index (χ1v) is 11.8. The van der Waals surface area contributed by atoms with Crippen LogP contribution in [-0.2, 0) is 20.9 Å². The van der Waals surface area contributed by atoms with Crippen molar-refractivity contribution in [1.29, 1.82) is 0 Å². The standard InChI is InChI=1S/C28H27N3O6/c1-3-37-27(34)20-12-14-21(15-13-20)29-25(32)17-24-26(33)31(22-9-5-4-6-10-22)28(35)30(24)18-19-8-7-11-23(16-19)36-2/h4-16,24H,3,17-18H2,1-2H3,(H,29,32). The van der Waals surface area contributed by atoms with E-state index in [4.69, 9.17) is 9.47 Å². The number of hydrogen-bond acceptors (Lipinski definition) is 6. The van der Waals surface area contributed by atoms with E-state index in [0.717, 1.165) is 10.5 Å². The molecule has 9 heteroatoms. The number of rotatable bonds is 9. The minimum absolute atomic E-state index is 0.122. The highest BCUT2D eigenvalue weighted by Crippen LogP contribution is 2.29. The quantitative estimate of drug-likeness (QED) is 0.347. The molecule has 1 N–H and O–H groups in total. The van der Waals surface area contributed by atoms with Gasteiger partial charge in [0.1, 0.15) is 11.8 Å². The lowest BCUT2D eigenvalue weighted by molar-refractivity contribution is -0.124. The number of carbonyl (C=O) groups is 4. The predicted octanol–water partition coefficient (Wildman–Crippen LogP) is 4.24. The number of amides is 4. The van der Waals surface area contributed by atoms with E-state index >= 15 is 0 Å². The molecule has 3 aromatic rings. The Balaban J connectivity index is 1.54. The summed E-state index contributed by atoms with van der Waals surface area (Å²) in [5, 5.41) is 2.74. The van der Waals surface area contributed by atoms with Gasteiger partial charge in [-0.05, 0) is 61.0 Å². The van der Waals surface area contributed by atoms with Gasteiger partial charge in [0.25, 0.3) is 5.91 Å². The third kappa shape index (κ3) is 5.78. The van der Waals surface area contributed by atoms with Crippen LogP contribution >= 0.6 is 0 Å². The fourth-order valence-electron chi connectivity index (χ4n) is 4.09. The van der Waals surface area contributed by atoms with Gasteiger partial charge in [0.15, 0.2) is 0 Å². The van der Waals surface area contributed by atoms with Gasteiger partial charge in [-0.1, -0.05) is 30.3 Å². The Labute approximate surface area is 214 Å². The number of nitrogens with one attached hydrogen (secondary N) is 1. The van der Waals surface area contributed by atoms with Crippen LogP contribution in [-0.4, -0.2) is 48.5 Å². The molecule has 190 valence electrons. The zero-order valence-electron chi connectivity index (χ0n) is 20.5. The topological polar surface area (TPSA) is 105 Å². The van der Waals surface area contributed by atoms with Gasteiger partial charge >= 0.3 is 12.0 Å². The van der Waals surface area contributed by atoms with Crippen LogP contribution < -0.4 is 15.0 Å². The highest BCUT2D eigenvalue weighted by atomic mass is 16.5. The van der Waals surface area contributed by atoms with E-state index in [-0.39, 0.29) is 19.6 Å². The van der Waals surface area contributed by atoms with Crippen molar-refractivity contribution in [2.24, 2.45) is 0 Å². The van der Waals surface area contributed by atoms with E-state index in [9.17, 15) is 19.2 Å². The maximum Gasteiger partial charge on any atom is 0.338 e. The van der Waals surface area contributed by atoms with Crippen molar-refractivity contribution in [1.82, 2.24) is 4.90 Å². The molecule has 1 fully saturated rings. The molecule has 1 heterocycles. The summed E-state index contributed by atoms with van der Waals surface area (Å²) in [7, 11) is 1.55. The lowest BCUT2D eigenvalue weighted by Crippen LogP contribution is -2.37. The van der Waals surface area contributed by atoms with Gasteiger partial charge in [-0.25, -0.2) is 14.5 Å². The average Bonchev–Trinajstić information content (AvgIpc) is 3.13. The molecule has 0 aromatic heterocycles. The molecule has 1 aliphatic heterocycles. The van der Waals surface area contributed by atoms with Crippen LogP contribution in [0.1, 0.15) is 29.3 Å². The summed E-state index contributed by atoms with van der Waals surface area (Å²) in [6.45, 7) is 2.10. The van der Waals surface area contributed by atoms with E-state index in [2.05, 4.69) is 5.32 Å². The zero-order chi connectivity index (χ0) is 26.4. The zero-order valence-corrected chi connectivity index (χ0v) is 20.5. The van der Waals surface area contributed by atoms with Crippen LogP contribution in [0.15, 0.2) is 78.9 Å². The largest absolute Gasteiger partial charge is 0.497 e. The summed E-state index contributed by atoms with van der Waals surface area (Å²) in [4.78, 5) is 54.1. The van der Waals surface area contributed by atoms with Crippen LogP contribution in [0.2, 0.25) is 0 Å². The van der Waals surface area contributed by atoms with Gasteiger partial charge in [-0.3, -0.25) is 9.59 Å². The fourth-order valence-corrected chi connectivity index (χ4v) is 4.09. The lowest BCUT2D eigenvalue weighted by atomic mass is 10.1. The third-order valence-corrected chi connectivity index (χ3v) is 5.88. The Morgan fingerprint density at radius 2 is 1.68 bits per heavy atom. The second-order valence-electron chi connectivity index (χ2n) is 8.34. The van der Waals surface area contributed by atoms with Crippen molar-refractivity contribution in [3.63, 3.8) is 0 Å². The highest BCUT2D eigenvalue weighted by Gasteiger charge is 2.46. The molecule has 0 spiro atoms. The number of esters is 1. The predicted molar refractivity (Wildman–Crippen MR) is 137 cm³/mol. The van der Waals surface area contributed by atoms with Crippen LogP contribution in [0.25, 0.3) is 0 Å².